The van der Waals surface area contributed by atoms with Crippen molar-refractivity contribution in [1.82, 2.24) is 14.1 Å². The van der Waals surface area contributed by atoms with Gasteiger partial charge in [0, 0.05) is 45.2 Å². The van der Waals surface area contributed by atoms with E-state index >= 15 is 0 Å². The van der Waals surface area contributed by atoms with Crippen LogP contribution in [0.15, 0.2) is 29.2 Å². The number of rotatable bonds is 2. The Morgan fingerprint density at radius 1 is 1.12 bits per heavy atom. The molecule has 1 amide bonds. The first-order chi connectivity index (χ1) is 12.3. The fourth-order valence-corrected chi connectivity index (χ4v) is 5.50. The molecule has 2 aliphatic heterocycles. The summed E-state index contributed by atoms with van der Waals surface area (Å²) in [6, 6.07) is 8.29. The highest BCUT2D eigenvalue weighted by Gasteiger charge is 2.45. The van der Waals surface area contributed by atoms with Crippen molar-refractivity contribution in [1.29, 1.82) is 5.26 Å². The second kappa shape index (κ2) is 6.99. The van der Waals surface area contributed by atoms with E-state index in [0.29, 0.717) is 39.0 Å². The number of amides is 1. The van der Waals surface area contributed by atoms with Gasteiger partial charge in [-0.1, -0.05) is 12.1 Å². The molecule has 0 aliphatic carbocycles. The Kier molecular flexibility index (Phi) is 5.06. The highest BCUT2D eigenvalue weighted by molar-refractivity contribution is 7.89. The summed E-state index contributed by atoms with van der Waals surface area (Å²) in [6.07, 6.45) is 1.79. The molecule has 3 rings (SSSR count). The van der Waals surface area contributed by atoms with E-state index in [9.17, 15) is 18.5 Å². The molecule has 2 saturated heterocycles. The van der Waals surface area contributed by atoms with Gasteiger partial charge in [-0.3, -0.25) is 9.69 Å². The first kappa shape index (κ1) is 18.8. The van der Waals surface area contributed by atoms with Crippen LogP contribution in [0.4, 0.5) is 0 Å². The molecular weight excluding hydrogens is 352 g/mol. The molecule has 0 bridgehead atoms. The quantitative estimate of drug-likeness (QED) is 0.765. The van der Waals surface area contributed by atoms with Crippen molar-refractivity contribution in [2.75, 3.05) is 40.3 Å². The number of carbonyl (C=O) groups excluding carboxylic acids is 1. The Hall–Kier alpha value is -1.95. The molecule has 0 saturated carbocycles. The van der Waals surface area contributed by atoms with Crippen LogP contribution >= 0.6 is 0 Å². The van der Waals surface area contributed by atoms with Crippen LogP contribution in [-0.4, -0.2) is 74.2 Å². The van der Waals surface area contributed by atoms with Gasteiger partial charge in [-0.05, 0) is 32.0 Å². The Bertz CT molecular complexity index is 848. The molecule has 8 heteroatoms. The van der Waals surface area contributed by atoms with Crippen molar-refractivity contribution in [2.24, 2.45) is 0 Å². The average Bonchev–Trinajstić information content (AvgIpc) is 2.78. The molecule has 7 nitrogen and oxygen atoms in total. The lowest BCUT2D eigenvalue weighted by atomic mass is 9.87. The first-order valence-corrected chi connectivity index (χ1v) is 10.2. The summed E-state index contributed by atoms with van der Waals surface area (Å²) < 4.78 is 27.9. The number of carbonyl (C=O) groups is 1. The lowest BCUT2D eigenvalue weighted by Crippen LogP contribution is -2.62. The zero-order chi connectivity index (χ0) is 18.9. The second-order valence-electron chi connectivity index (χ2n) is 7.16. The normalized spacial score (nSPS) is 25.9. The van der Waals surface area contributed by atoms with Gasteiger partial charge in [0.05, 0.1) is 10.5 Å². The monoisotopic (exact) mass is 376 g/mol. The Morgan fingerprint density at radius 2 is 1.85 bits per heavy atom. The van der Waals surface area contributed by atoms with Gasteiger partial charge in [0.1, 0.15) is 6.07 Å². The minimum absolute atomic E-state index is 0.0593. The summed E-state index contributed by atoms with van der Waals surface area (Å²) in [5, 5.41) is 9.28. The third-order valence-electron chi connectivity index (χ3n) is 5.73. The van der Waals surface area contributed by atoms with Gasteiger partial charge in [-0.15, -0.1) is 0 Å². The maximum Gasteiger partial charge on any atom is 0.244 e. The van der Waals surface area contributed by atoms with Gasteiger partial charge in [-0.2, -0.15) is 9.57 Å². The lowest BCUT2D eigenvalue weighted by molar-refractivity contribution is -0.129. The van der Waals surface area contributed by atoms with Gasteiger partial charge in [-0.25, -0.2) is 8.42 Å². The van der Waals surface area contributed by atoms with Gasteiger partial charge in [0.2, 0.25) is 15.9 Å². The van der Waals surface area contributed by atoms with E-state index in [1.807, 2.05) is 13.1 Å². The third-order valence-corrected chi connectivity index (χ3v) is 7.64. The molecule has 2 heterocycles. The number of sulfonamides is 1. The van der Waals surface area contributed by atoms with Gasteiger partial charge in [0.15, 0.2) is 0 Å². The highest BCUT2D eigenvalue weighted by atomic mass is 32.2. The summed E-state index contributed by atoms with van der Waals surface area (Å²) in [4.78, 5) is 16.0. The zero-order valence-corrected chi connectivity index (χ0v) is 16.0. The molecule has 140 valence electrons. The maximum atomic E-state index is 13.2. The van der Waals surface area contributed by atoms with E-state index in [1.165, 1.54) is 16.4 Å². The predicted molar refractivity (Wildman–Crippen MR) is 96.8 cm³/mol. The van der Waals surface area contributed by atoms with Crippen molar-refractivity contribution in [3.8, 4) is 6.07 Å². The highest BCUT2D eigenvalue weighted by Crippen LogP contribution is 2.34. The maximum absolute atomic E-state index is 13.2. The van der Waals surface area contributed by atoms with Crippen LogP contribution < -0.4 is 0 Å². The fraction of sp³-hybridized carbons (Fsp3) is 0.556. The third kappa shape index (κ3) is 3.22. The summed E-state index contributed by atoms with van der Waals surface area (Å²) >= 11 is 0. The van der Waals surface area contributed by atoms with Gasteiger partial charge >= 0.3 is 0 Å². The molecule has 1 aromatic carbocycles. The average molecular weight is 376 g/mol. The number of piperazine rings is 1. The summed E-state index contributed by atoms with van der Waals surface area (Å²) in [6.45, 7) is 1.94. The number of nitriles is 1. The zero-order valence-electron chi connectivity index (χ0n) is 15.2. The molecule has 0 aromatic heterocycles. The Morgan fingerprint density at radius 3 is 2.58 bits per heavy atom. The number of nitrogens with zero attached hydrogens (tertiary/aromatic N) is 4. The summed E-state index contributed by atoms with van der Waals surface area (Å²) in [7, 11) is 0.0396. The predicted octanol–water partition coefficient (Wildman–Crippen LogP) is 0.875. The standard InChI is InChI=1S/C18H24N4O3S/c1-20-10-9-18(8-7-17(20)23)14-22(12-11-21(18)2)26(24,25)16-6-4-3-5-15(16)13-19/h3-6H,7-12,14H2,1-2H3/t18-/m0/s1. The number of likely N-dealkylation sites (N-methyl/N-ethyl adjacent to an activating group) is 1. The topological polar surface area (TPSA) is 84.7 Å². The lowest BCUT2D eigenvalue weighted by Gasteiger charge is -2.48. The molecule has 0 unspecified atom stereocenters. The summed E-state index contributed by atoms with van der Waals surface area (Å²) in [5.41, 5.74) is -0.191. The minimum atomic E-state index is -3.76. The number of likely N-dealkylation sites (tertiary alicyclic amines) is 1. The van der Waals surface area contributed by atoms with E-state index in [1.54, 1.807) is 24.1 Å². The second-order valence-corrected chi connectivity index (χ2v) is 9.06. The van der Waals surface area contributed by atoms with Crippen LogP contribution in [0.25, 0.3) is 0 Å². The van der Waals surface area contributed by atoms with Gasteiger partial charge in [0.25, 0.3) is 0 Å². The Balaban J connectivity index is 1.93. The fourth-order valence-electron chi connectivity index (χ4n) is 3.85. The van der Waals surface area contributed by atoms with E-state index in [0.717, 1.165) is 6.42 Å². The smallest absolute Gasteiger partial charge is 0.244 e. The number of hydrogen-bond donors (Lipinski definition) is 0. The van der Waals surface area contributed by atoms with Crippen molar-refractivity contribution in [2.45, 2.75) is 29.7 Å². The van der Waals surface area contributed by atoms with Crippen molar-refractivity contribution >= 4 is 15.9 Å². The van der Waals surface area contributed by atoms with E-state index in [-0.39, 0.29) is 21.9 Å². The minimum Gasteiger partial charge on any atom is -0.346 e. The molecule has 26 heavy (non-hydrogen) atoms. The van der Waals surface area contributed by atoms with Crippen molar-refractivity contribution in [3.05, 3.63) is 29.8 Å². The van der Waals surface area contributed by atoms with E-state index in [2.05, 4.69) is 4.90 Å². The van der Waals surface area contributed by atoms with Crippen LogP contribution in [-0.2, 0) is 14.8 Å². The first-order valence-electron chi connectivity index (χ1n) is 8.75. The summed E-state index contributed by atoms with van der Waals surface area (Å²) in [5.74, 6) is 0.102. The Labute approximate surface area is 154 Å². The van der Waals surface area contributed by atoms with Crippen LogP contribution in [0.5, 0.6) is 0 Å². The molecule has 2 aliphatic rings. The molecule has 0 N–H and O–H groups in total. The van der Waals surface area contributed by atoms with Crippen LogP contribution in [0.3, 0.4) is 0 Å². The number of hydrogen-bond acceptors (Lipinski definition) is 5. The van der Waals surface area contributed by atoms with E-state index < -0.39 is 10.0 Å². The number of benzene rings is 1. The molecular formula is C18H24N4O3S. The molecule has 1 spiro atoms. The molecule has 0 radical (unpaired) electrons. The molecule has 1 aromatic rings. The molecule has 1 atom stereocenters. The van der Waals surface area contributed by atoms with Crippen molar-refractivity contribution < 1.29 is 13.2 Å². The van der Waals surface area contributed by atoms with Crippen LogP contribution in [0.1, 0.15) is 24.8 Å². The van der Waals surface area contributed by atoms with Crippen LogP contribution in [0, 0.1) is 11.3 Å². The van der Waals surface area contributed by atoms with Crippen LogP contribution in [0.2, 0.25) is 0 Å². The van der Waals surface area contributed by atoms with Crippen molar-refractivity contribution in [3.63, 3.8) is 0 Å². The van der Waals surface area contributed by atoms with E-state index in [4.69, 9.17) is 0 Å². The molecule has 2 fully saturated rings. The SMILES string of the molecule is CN1CC[C@@]2(CCC1=O)CN(S(=O)(=O)c1ccccc1C#N)CCN2C. The largest absolute Gasteiger partial charge is 0.346 e. The van der Waals surface area contributed by atoms with Gasteiger partial charge < -0.3 is 4.90 Å².